The van der Waals surface area contributed by atoms with Gasteiger partial charge in [0.2, 0.25) is 0 Å². The van der Waals surface area contributed by atoms with E-state index in [1.807, 2.05) is 0 Å². The Morgan fingerprint density at radius 2 is 1.38 bits per heavy atom. The minimum atomic E-state index is -0.657. The Morgan fingerprint density at radius 3 is 1.86 bits per heavy atom. The predicted octanol–water partition coefficient (Wildman–Crippen LogP) is 5.18. The number of carboxylic acid groups (broad SMARTS) is 1. The molecule has 1 unspecified atom stereocenters. The molecule has 0 aromatic carbocycles. The lowest BCUT2D eigenvalue weighted by Gasteiger charge is -2.06. The zero-order valence-corrected chi connectivity index (χ0v) is 13.7. The van der Waals surface area contributed by atoms with Crippen LogP contribution in [0.3, 0.4) is 0 Å². The van der Waals surface area contributed by atoms with E-state index < -0.39 is 5.97 Å². The zero-order valence-electron chi connectivity index (χ0n) is 13.7. The molecule has 1 saturated heterocycles. The van der Waals surface area contributed by atoms with Gasteiger partial charge in [0.25, 0.3) is 0 Å². The molecule has 21 heavy (non-hydrogen) atoms. The Hall–Kier alpha value is -0.570. The lowest BCUT2D eigenvalue weighted by Crippen LogP contribution is -1.98. The van der Waals surface area contributed by atoms with Crippen molar-refractivity contribution in [2.24, 2.45) is 5.92 Å². The average Bonchev–Trinajstić information content (AvgIpc) is 2.97. The molecule has 0 bridgehead atoms. The van der Waals surface area contributed by atoms with Gasteiger partial charge < -0.3 is 9.84 Å². The van der Waals surface area contributed by atoms with Crippen LogP contribution in [-0.2, 0) is 9.53 Å². The van der Waals surface area contributed by atoms with Crippen molar-refractivity contribution in [3.8, 4) is 0 Å². The number of unbranched alkanes of at least 4 members (excludes halogenated alkanes) is 10. The number of ether oxygens (including phenoxy) is 1. The van der Waals surface area contributed by atoms with Gasteiger partial charge in [0, 0.05) is 19.6 Å². The first-order valence-corrected chi connectivity index (χ1v) is 9.08. The number of aliphatic carboxylic acids is 1. The second-order valence-corrected chi connectivity index (χ2v) is 6.55. The molecule has 0 radical (unpaired) electrons. The van der Waals surface area contributed by atoms with Crippen LogP contribution in [0.1, 0.15) is 89.9 Å². The number of hydrogen-bond donors (Lipinski definition) is 1. The topological polar surface area (TPSA) is 46.5 Å². The molecule has 0 saturated carbocycles. The van der Waals surface area contributed by atoms with E-state index in [-0.39, 0.29) is 0 Å². The number of carboxylic acids is 1. The minimum Gasteiger partial charge on any atom is -0.481 e. The summed E-state index contributed by atoms with van der Waals surface area (Å²) in [5.74, 6) is 0.196. The maximum absolute atomic E-state index is 10.3. The zero-order chi connectivity index (χ0) is 15.2. The monoisotopic (exact) mass is 298 g/mol. The summed E-state index contributed by atoms with van der Waals surface area (Å²) >= 11 is 0. The molecule has 0 aliphatic carbocycles. The molecular weight excluding hydrogens is 264 g/mol. The van der Waals surface area contributed by atoms with Gasteiger partial charge in [-0.25, -0.2) is 0 Å². The van der Waals surface area contributed by atoms with Crippen LogP contribution in [-0.4, -0.2) is 24.3 Å². The third kappa shape index (κ3) is 11.7. The largest absolute Gasteiger partial charge is 0.481 e. The van der Waals surface area contributed by atoms with Crippen molar-refractivity contribution in [2.45, 2.75) is 89.9 Å². The summed E-state index contributed by atoms with van der Waals surface area (Å²) < 4.78 is 5.40. The lowest BCUT2D eigenvalue weighted by molar-refractivity contribution is -0.137. The second-order valence-electron chi connectivity index (χ2n) is 6.55. The van der Waals surface area contributed by atoms with E-state index in [4.69, 9.17) is 9.84 Å². The summed E-state index contributed by atoms with van der Waals surface area (Å²) in [5, 5.41) is 8.53. The SMILES string of the molecule is O=C(O)CCCCCCCCCCCCCC1CCOC1. The molecule has 0 spiro atoms. The number of hydrogen-bond acceptors (Lipinski definition) is 2. The van der Waals surface area contributed by atoms with Gasteiger partial charge in [-0.05, 0) is 25.2 Å². The van der Waals surface area contributed by atoms with Gasteiger partial charge in [-0.2, -0.15) is 0 Å². The van der Waals surface area contributed by atoms with Crippen LogP contribution in [0, 0.1) is 5.92 Å². The van der Waals surface area contributed by atoms with E-state index >= 15 is 0 Å². The summed E-state index contributed by atoms with van der Waals surface area (Å²) in [4.78, 5) is 10.3. The highest BCUT2D eigenvalue weighted by Gasteiger charge is 2.14. The molecule has 0 aromatic rings. The van der Waals surface area contributed by atoms with Crippen molar-refractivity contribution in [2.75, 3.05) is 13.2 Å². The van der Waals surface area contributed by atoms with E-state index in [0.29, 0.717) is 6.42 Å². The first-order chi connectivity index (χ1) is 10.3. The maximum atomic E-state index is 10.3. The highest BCUT2D eigenvalue weighted by Crippen LogP contribution is 2.20. The Balaban J connectivity index is 1.68. The molecule has 1 fully saturated rings. The third-order valence-electron chi connectivity index (χ3n) is 4.53. The fraction of sp³-hybridized carbons (Fsp3) is 0.944. The molecule has 1 atom stereocenters. The molecular formula is C18H34O3. The van der Waals surface area contributed by atoms with E-state index in [9.17, 15) is 4.79 Å². The third-order valence-corrected chi connectivity index (χ3v) is 4.53. The van der Waals surface area contributed by atoms with Crippen LogP contribution in [0.5, 0.6) is 0 Å². The Morgan fingerprint density at radius 1 is 0.857 bits per heavy atom. The number of carbonyl (C=O) groups is 1. The van der Waals surface area contributed by atoms with Gasteiger partial charge >= 0.3 is 5.97 Å². The summed E-state index contributed by atoms with van der Waals surface area (Å²) in [7, 11) is 0. The van der Waals surface area contributed by atoms with E-state index in [1.54, 1.807) is 0 Å². The van der Waals surface area contributed by atoms with Crippen LogP contribution in [0.4, 0.5) is 0 Å². The lowest BCUT2D eigenvalue weighted by atomic mass is 9.99. The predicted molar refractivity (Wildman–Crippen MR) is 86.6 cm³/mol. The molecule has 1 heterocycles. The Kier molecular flexibility index (Phi) is 11.5. The van der Waals surface area contributed by atoms with Gasteiger partial charge in [-0.3, -0.25) is 4.79 Å². The first kappa shape index (κ1) is 18.5. The molecule has 0 amide bonds. The highest BCUT2D eigenvalue weighted by atomic mass is 16.5. The van der Waals surface area contributed by atoms with E-state index in [0.717, 1.165) is 32.0 Å². The quantitative estimate of drug-likeness (QED) is 0.449. The minimum absolute atomic E-state index is 0.340. The van der Waals surface area contributed by atoms with Crippen LogP contribution in [0.15, 0.2) is 0 Å². The van der Waals surface area contributed by atoms with E-state index in [2.05, 4.69) is 0 Å². The summed E-state index contributed by atoms with van der Waals surface area (Å²) in [5.41, 5.74) is 0. The van der Waals surface area contributed by atoms with Gasteiger partial charge in [-0.15, -0.1) is 0 Å². The van der Waals surface area contributed by atoms with Gasteiger partial charge in [0.05, 0.1) is 0 Å². The van der Waals surface area contributed by atoms with Crippen LogP contribution in [0.2, 0.25) is 0 Å². The highest BCUT2D eigenvalue weighted by molar-refractivity contribution is 5.66. The first-order valence-electron chi connectivity index (χ1n) is 9.08. The molecule has 1 aliphatic heterocycles. The molecule has 124 valence electrons. The fourth-order valence-electron chi connectivity index (χ4n) is 3.11. The molecule has 1 rings (SSSR count). The van der Waals surface area contributed by atoms with Crippen LogP contribution in [0.25, 0.3) is 0 Å². The van der Waals surface area contributed by atoms with Gasteiger partial charge in [0.1, 0.15) is 0 Å². The molecule has 0 aromatic heterocycles. The summed E-state index contributed by atoms with van der Waals surface area (Å²) in [6.07, 6.45) is 17.0. The van der Waals surface area contributed by atoms with E-state index in [1.165, 1.54) is 70.6 Å². The molecule has 1 aliphatic rings. The second kappa shape index (κ2) is 13.1. The van der Waals surface area contributed by atoms with Crippen molar-refractivity contribution in [1.29, 1.82) is 0 Å². The normalized spacial score (nSPS) is 18.2. The summed E-state index contributed by atoms with van der Waals surface area (Å²) in [6, 6.07) is 0. The molecule has 3 nitrogen and oxygen atoms in total. The van der Waals surface area contributed by atoms with Crippen LogP contribution >= 0.6 is 0 Å². The van der Waals surface area contributed by atoms with Crippen molar-refractivity contribution in [3.63, 3.8) is 0 Å². The van der Waals surface area contributed by atoms with Gasteiger partial charge in [-0.1, -0.05) is 64.2 Å². The Bertz CT molecular complexity index is 247. The summed E-state index contributed by atoms with van der Waals surface area (Å²) in [6.45, 7) is 1.99. The van der Waals surface area contributed by atoms with Crippen molar-refractivity contribution < 1.29 is 14.6 Å². The van der Waals surface area contributed by atoms with Crippen LogP contribution < -0.4 is 0 Å². The van der Waals surface area contributed by atoms with Crippen molar-refractivity contribution in [3.05, 3.63) is 0 Å². The van der Waals surface area contributed by atoms with Gasteiger partial charge in [0.15, 0.2) is 0 Å². The Labute approximate surface area is 130 Å². The molecule has 3 heteroatoms. The smallest absolute Gasteiger partial charge is 0.303 e. The van der Waals surface area contributed by atoms with Crippen molar-refractivity contribution in [1.82, 2.24) is 0 Å². The standard InChI is InChI=1S/C18H34O3/c19-18(20)13-11-9-7-5-3-1-2-4-6-8-10-12-17-14-15-21-16-17/h17H,1-16H2,(H,19,20). The molecule has 1 N–H and O–H groups in total. The average molecular weight is 298 g/mol. The van der Waals surface area contributed by atoms with Crippen molar-refractivity contribution >= 4 is 5.97 Å². The maximum Gasteiger partial charge on any atom is 0.303 e. The fourth-order valence-corrected chi connectivity index (χ4v) is 3.11. The number of rotatable bonds is 14.